The van der Waals surface area contributed by atoms with Gasteiger partial charge in [-0.1, -0.05) is 86.1 Å². The van der Waals surface area contributed by atoms with Crippen LogP contribution in [0.3, 0.4) is 0 Å². The van der Waals surface area contributed by atoms with Crippen LogP contribution in [0.4, 0.5) is 0 Å². The minimum Gasteiger partial charge on any atom is -1.00 e. The molecule has 0 aliphatic heterocycles. The minimum atomic E-state index is -0.0792. The molecule has 4 aromatic rings. The zero-order valence-electron chi connectivity index (χ0n) is 21.2. The highest BCUT2D eigenvalue weighted by atomic mass is 35.5. The molecule has 36 heavy (non-hydrogen) atoms. The van der Waals surface area contributed by atoms with Crippen molar-refractivity contribution in [3.8, 4) is 39.3 Å². The predicted octanol–water partition coefficient (Wildman–Crippen LogP) is 1.57. The number of quaternary nitrogens is 1. The molecule has 0 aliphatic rings. The van der Waals surface area contributed by atoms with Crippen molar-refractivity contribution in [2.45, 2.75) is 26.3 Å². The van der Waals surface area contributed by atoms with E-state index in [1.54, 1.807) is 4.68 Å². The molecule has 0 fully saturated rings. The maximum atomic E-state index is 13.9. The lowest BCUT2D eigenvalue weighted by atomic mass is 9.92. The Balaban J connectivity index is 0.00000361. The lowest BCUT2D eigenvalue weighted by Crippen LogP contribution is -3.06. The number of hydrogen-bond donors (Lipinski definition) is 1. The van der Waals surface area contributed by atoms with Crippen molar-refractivity contribution < 1.29 is 22.0 Å². The van der Waals surface area contributed by atoms with E-state index in [0.29, 0.717) is 18.7 Å². The van der Waals surface area contributed by atoms with E-state index in [-0.39, 0.29) is 18.0 Å². The van der Waals surface area contributed by atoms with Crippen LogP contribution in [0.15, 0.2) is 89.7 Å². The summed E-state index contributed by atoms with van der Waals surface area (Å²) < 4.78 is 7.49. The van der Waals surface area contributed by atoms with Crippen LogP contribution in [0, 0.1) is 0 Å². The van der Waals surface area contributed by atoms with Gasteiger partial charge in [-0.05, 0) is 29.7 Å². The third kappa shape index (κ3) is 6.42. The second-order valence-corrected chi connectivity index (χ2v) is 9.04. The Morgan fingerprint density at radius 2 is 1.39 bits per heavy atom. The van der Waals surface area contributed by atoms with Crippen molar-refractivity contribution in [2.75, 3.05) is 27.2 Å². The molecule has 0 radical (unpaired) electrons. The Morgan fingerprint density at radius 1 is 0.806 bits per heavy atom. The molecule has 1 aromatic heterocycles. The average Bonchev–Trinajstić information content (AvgIpc) is 2.89. The van der Waals surface area contributed by atoms with E-state index in [1.165, 1.54) is 4.90 Å². The summed E-state index contributed by atoms with van der Waals surface area (Å²) in [5, 5.41) is 4.91. The van der Waals surface area contributed by atoms with E-state index in [9.17, 15) is 4.79 Å². The largest absolute Gasteiger partial charge is 1.00 e. The molecule has 0 amide bonds. The number of ether oxygens (including phenoxy) is 1. The van der Waals surface area contributed by atoms with Gasteiger partial charge in [0.25, 0.3) is 5.56 Å². The number of nitrogens with zero attached hydrogens (tertiary/aromatic N) is 2. The van der Waals surface area contributed by atoms with E-state index in [4.69, 9.17) is 9.84 Å². The first-order valence-corrected chi connectivity index (χ1v) is 12.4. The van der Waals surface area contributed by atoms with Gasteiger partial charge in [-0.2, -0.15) is 5.10 Å². The number of benzene rings is 3. The molecule has 3 aromatic carbocycles. The topological polar surface area (TPSA) is 48.6 Å². The molecule has 0 bridgehead atoms. The Kier molecular flexibility index (Phi) is 9.86. The second kappa shape index (κ2) is 13.1. The summed E-state index contributed by atoms with van der Waals surface area (Å²) in [6.07, 6.45) is 2.11. The van der Waals surface area contributed by atoms with E-state index >= 15 is 0 Å². The van der Waals surface area contributed by atoms with Gasteiger partial charge < -0.3 is 22.0 Å². The Labute approximate surface area is 219 Å². The van der Waals surface area contributed by atoms with Crippen LogP contribution in [0.2, 0.25) is 0 Å². The first kappa shape index (κ1) is 27.2. The van der Waals surface area contributed by atoms with Gasteiger partial charge in [-0.15, -0.1) is 0 Å². The van der Waals surface area contributed by atoms with Gasteiger partial charge in [0.2, 0.25) is 0 Å². The summed E-state index contributed by atoms with van der Waals surface area (Å²) >= 11 is 0. The molecule has 4 rings (SSSR count). The molecular weight excluding hydrogens is 470 g/mol. The zero-order chi connectivity index (χ0) is 24.6. The van der Waals surface area contributed by atoms with Crippen LogP contribution in [0.25, 0.3) is 33.5 Å². The Hall–Kier alpha value is -3.41. The summed E-state index contributed by atoms with van der Waals surface area (Å²) in [6.45, 7) is 4.18. The summed E-state index contributed by atoms with van der Waals surface area (Å²) in [7, 11) is 4.17. The molecule has 1 heterocycles. The summed E-state index contributed by atoms with van der Waals surface area (Å²) in [5.41, 5.74) is 5.07. The highest BCUT2D eigenvalue weighted by Crippen LogP contribution is 2.37. The number of rotatable bonds is 10. The van der Waals surface area contributed by atoms with Crippen LogP contribution in [0.5, 0.6) is 5.75 Å². The molecule has 1 N–H and O–H groups in total. The molecule has 188 valence electrons. The molecule has 0 aliphatic carbocycles. The molecule has 0 unspecified atom stereocenters. The van der Waals surface area contributed by atoms with Gasteiger partial charge in [-0.25, -0.2) is 4.68 Å². The van der Waals surface area contributed by atoms with Gasteiger partial charge in [-0.3, -0.25) is 4.79 Å². The van der Waals surface area contributed by atoms with Gasteiger partial charge >= 0.3 is 0 Å². The molecule has 6 heteroatoms. The molecule has 0 saturated heterocycles. The molecule has 5 nitrogen and oxygen atoms in total. The number of halogens is 1. The normalized spacial score (nSPS) is 10.8. The number of hydrogen-bond acceptors (Lipinski definition) is 3. The van der Waals surface area contributed by atoms with Gasteiger partial charge in [0.1, 0.15) is 5.75 Å². The SMILES string of the molecule is CCCCOc1ccc(-c2c(-c3ccccc3)c(-c3ccccc3)nn(CC[NH+](C)C)c2=O)cc1.[Cl-]. The fourth-order valence-electron chi connectivity index (χ4n) is 4.06. The van der Waals surface area contributed by atoms with Crippen molar-refractivity contribution in [1.82, 2.24) is 9.78 Å². The van der Waals surface area contributed by atoms with E-state index in [0.717, 1.165) is 53.1 Å². The first-order chi connectivity index (χ1) is 17.1. The number of likely N-dealkylation sites (N-methyl/N-ethyl adjacent to an activating group) is 1. The molecule has 0 spiro atoms. The third-order valence-corrected chi connectivity index (χ3v) is 6.00. The fourth-order valence-corrected chi connectivity index (χ4v) is 4.06. The van der Waals surface area contributed by atoms with Crippen molar-refractivity contribution in [1.29, 1.82) is 0 Å². The summed E-state index contributed by atoms with van der Waals surface area (Å²) in [4.78, 5) is 15.2. The van der Waals surface area contributed by atoms with Crippen molar-refractivity contribution in [2.24, 2.45) is 0 Å². The number of unbranched alkanes of at least 4 members (excludes halogenated alkanes) is 1. The lowest BCUT2D eigenvalue weighted by Gasteiger charge is -2.18. The summed E-state index contributed by atoms with van der Waals surface area (Å²) in [5.74, 6) is 0.817. The van der Waals surface area contributed by atoms with Crippen LogP contribution in [0.1, 0.15) is 19.8 Å². The predicted molar refractivity (Wildman–Crippen MR) is 143 cm³/mol. The van der Waals surface area contributed by atoms with Crippen molar-refractivity contribution in [3.63, 3.8) is 0 Å². The Bertz CT molecular complexity index is 1290. The molecule has 0 atom stereocenters. The van der Waals surface area contributed by atoms with Gasteiger partial charge in [0.15, 0.2) is 0 Å². The number of aromatic nitrogens is 2. The average molecular weight is 504 g/mol. The van der Waals surface area contributed by atoms with Crippen molar-refractivity contribution in [3.05, 3.63) is 95.3 Å². The van der Waals surface area contributed by atoms with Crippen LogP contribution in [-0.2, 0) is 6.54 Å². The Morgan fingerprint density at radius 3 is 1.97 bits per heavy atom. The van der Waals surface area contributed by atoms with Crippen LogP contribution < -0.4 is 27.6 Å². The van der Waals surface area contributed by atoms with Gasteiger partial charge in [0, 0.05) is 11.1 Å². The third-order valence-electron chi connectivity index (χ3n) is 6.00. The molecular formula is C30H34ClN3O2. The van der Waals surface area contributed by atoms with E-state index in [1.807, 2.05) is 72.8 Å². The second-order valence-electron chi connectivity index (χ2n) is 9.04. The van der Waals surface area contributed by atoms with Crippen LogP contribution in [-0.4, -0.2) is 37.0 Å². The van der Waals surface area contributed by atoms with Crippen LogP contribution >= 0.6 is 0 Å². The van der Waals surface area contributed by atoms with Crippen molar-refractivity contribution >= 4 is 0 Å². The standard InChI is InChI=1S/C30H33N3O2.ClH/c1-4-5-22-35-26-18-16-24(17-19-26)28-27(23-12-8-6-9-13-23)29(25-14-10-7-11-15-25)31-33(30(28)34)21-20-32(2)3;/h6-19H,4-5,20-22H2,1-3H3;1H. The minimum absolute atomic E-state index is 0. The maximum Gasteiger partial charge on any atom is 0.275 e. The first-order valence-electron chi connectivity index (χ1n) is 12.4. The maximum absolute atomic E-state index is 13.9. The quantitative estimate of drug-likeness (QED) is 0.334. The van der Waals surface area contributed by atoms with E-state index in [2.05, 4.69) is 33.2 Å². The zero-order valence-corrected chi connectivity index (χ0v) is 22.0. The monoisotopic (exact) mass is 503 g/mol. The summed E-state index contributed by atoms with van der Waals surface area (Å²) in [6, 6.07) is 28.1. The highest BCUT2D eigenvalue weighted by Gasteiger charge is 2.22. The molecule has 0 saturated carbocycles. The van der Waals surface area contributed by atoms with E-state index < -0.39 is 0 Å². The lowest BCUT2D eigenvalue weighted by molar-refractivity contribution is -0.859. The fraction of sp³-hybridized carbons (Fsp3) is 0.267. The smallest absolute Gasteiger partial charge is 0.275 e. The highest BCUT2D eigenvalue weighted by molar-refractivity contribution is 5.92. The number of nitrogens with one attached hydrogen (secondary N) is 1. The van der Waals surface area contributed by atoms with Gasteiger partial charge in [0.05, 0.1) is 45.0 Å².